The highest BCUT2D eigenvalue weighted by molar-refractivity contribution is 7.99. The average Bonchev–Trinajstić information content (AvgIpc) is 2.49. The molecule has 0 bridgehead atoms. The van der Waals surface area contributed by atoms with Gasteiger partial charge >= 0.3 is 0 Å². The highest BCUT2D eigenvalue weighted by Crippen LogP contribution is 2.30. The van der Waals surface area contributed by atoms with Crippen molar-refractivity contribution in [2.45, 2.75) is 12.1 Å². The molecule has 1 aliphatic heterocycles. The van der Waals surface area contributed by atoms with Crippen molar-refractivity contribution >= 4 is 22.5 Å². The highest BCUT2D eigenvalue weighted by atomic mass is 32.2. The van der Waals surface area contributed by atoms with Crippen LogP contribution in [0.4, 0.5) is 0 Å². The summed E-state index contributed by atoms with van der Waals surface area (Å²) in [6.07, 6.45) is 4.01. The van der Waals surface area contributed by atoms with E-state index in [9.17, 15) is 0 Å². The molecule has 2 aromatic rings. The topological polar surface area (TPSA) is 34.2 Å². The van der Waals surface area contributed by atoms with E-state index in [1.807, 2.05) is 31.2 Å². The van der Waals surface area contributed by atoms with Crippen LogP contribution >= 0.6 is 11.8 Å². The fraction of sp³-hybridized carbons (Fsp3) is 0.400. The van der Waals surface area contributed by atoms with Crippen LogP contribution in [0.3, 0.4) is 0 Å². The van der Waals surface area contributed by atoms with Crippen LogP contribution in [0.5, 0.6) is 0 Å². The second-order valence-electron chi connectivity index (χ2n) is 4.69. The molecule has 2 heterocycles. The molecule has 2 atom stereocenters. The molecule has 2 unspecified atom stereocenters. The second-order valence-corrected chi connectivity index (χ2v) is 5.84. The first kappa shape index (κ1) is 12.9. The predicted octanol–water partition coefficient (Wildman–Crippen LogP) is 2.63. The molecule has 1 fully saturated rings. The van der Waals surface area contributed by atoms with Crippen molar-refractivity contribution in [1.29, 1.82) is 0 Å². The van der Waals surface area contributed by atoms with E-state index in [0.29, 0.717) is 0 Å². The Balaban J connectivity index is 2.00. The lowest BCUT2D eigenvalue weighted by Crippen LogP contribution is -2.36. The van der Waals surface area contributed by atoms with Gasteiger partial charge in [-0.1, -0.05) is 18.2 Å². The summed E-state index contributed by atoms with van der Waals surface area (Å²) in [6.45, 7) is 0.847. The van der Waals surface area contributed by atoms with Crippen molar-refractivity contribution in [2.75, 3.05) is 25.2 Å². The molecule has 19 heavy (non-hydrogen) atoms. The van der Waals surface area contributed by atoms with Gasteiger partial charge in [-0.15, -0.1) is 0 Å². The molecule has 3 rings (SSSR count). The van der Waals surface area contributed by atoms with E-state index in [1.54, 1.807) is 0 Å². The lowest BCUT2D eigenvalue weighted by atomic mass is 9.96. The molecule has 1 aromatic heterocycles. The van der Waals surface area contributed by atoms with Gasteiger partial charge in [0.2, 0.25) is 0 Å². The quantitative estimate of drug-likeness (QED) is 0.933. The number of rotatable bonds is 3. The van der Waals surface area contributed by atoms with Crippen LogP contribution in [0.1, 0.15) is 11.6 Å². The summed E-state index contributed by atoms with van der Waals surface area (Å²) < 4.78 is 5.94. The molecule has 100 valence electrons. The molecular weight excluding hydrogens is 256 g/mol. The summed E-state index contributed by atoms with van der Waals surface area (Å²) in [5.41, 5.74) is 1.30. The lowest BCUT2D eigenvalue weighted by molar-refractivity contribution is 0.0492. The van der Waals surface area contributed by atoms with E-state index in [4.69, 9.17) is 4.74 Å². The number of aromatic nitrogens is 1. The van der Waals surface area contributed by atoms with E-state index in [1.165, 1.54) is 16.3 Å². The summed E-state index contributed by atoms with van der Waals surface area (Å²) in [7, 11) is 2.01. The number of likely N-dealkylation sites (N-methyl/N-ethyl adjacent to an activating group) is 1. The molecule has 0 aliphatic carbocycles. The summed E-state index contributed by atoms with van der Waals surface area (Å²) >= 11 is 1.97. The van der Waals surface area contributed by atoms with Crippen LogP contribution in [0.2, 0.25) is 0 Å². The van der Waals surface area contributed by atoms with Crippen LogP contribution in [0.25, 0.3) is 10.8 Å². The summed E-state index contributed by atoms with van der Waals surface area (Å²) in [6, 6.07) is 8.71. The summed E-state index contributed by atoms with van der Waals surface area (Å²) in [5, 5.41) is 5.87. The third kappa shape index (κ3) is 2.61. The van der Waals surface area contributed by atoms with E-state index in [0.717, 1.165) is 18.1 Å². The van der Waals surface area contributed by atoms with Gasteiger partial charge in [0.15, 0.2) is 0 Å². The van der Waals surface area contributed by atoms with Crippen molar-refractivity contribution in [1.82, 2.24) is 10.3 Å². The largest absolute Gasteiger partial charge is 0.375 e. The van der Waals surface area contributed by atoms with Gasteiger partial charge < -0.3 is 10.1 Å². The third-order valence-electron chi connectivity index (χ3n) is 3.57. The SMILES string of the molecule is CNC(c1cccc2cnccc12)C1CSCCO1. The number of thioether (sulfide) groups is 1. The molecule has 1 saturated heterocycles. The number of pyridine rings is 1. The molecule has 1 aromatic carbocycles. The fourth-order valence-electron chi connectivity index (χ4n) is 2.66. The monoisotopic (exact) mass is 274 g/mol. The fourth-order valence-corrected chi connectivity index (χ4v) is 3.56. The van der Waals surface area contributed by atoms with Crippen molar-refractivity contribution in [3.05, 3.63) is 42.2 Å². The van der Waals surface area contributed by atoms with Gasteiger partial charge in [0.25, 0.3) is 0 Å². The Morgan fingerprint density at radius 1 is 1.42 bits per heavy atom. The minimum atomic E-state index is 0.235. The Morgan fingerprint density at radius 3 is 3.16 bits per heavy atom. The molecular formula is C15H18N2OS. The first-order valence-corrected chi connectivity index (χ1v) is 7.75. The van der Waals surface area contributed by atoms with Gasteiger partial charge in [0.05, 0.1) is 18.8 Å². The molecule has 0 saturated carbocycles. The molecule has 3 nitrogen and oxygen atoms in total. The van der Waals surface area contributed by atoms with Crippen LogP contribution in [-0.4, -0.2) is 36.2 Å². The molecule has 0 radical (unpaired) electrons. The van der Waals surface area contributed by atoms with Crippen molar-refractivity contribution in [3.63, 3.8) is 0 Å². The zero-order valence-corrected chi connectivity index (χ0v) is 11.8. The Hall–Kier alpha value is -1.10. The lowest BCUT2D eigenvalue weighted by Gasteiger charge is -2.31. The Kier molecular flexibility index (Phi) is 4.01. The first-order valence-electron chi connectivity index (χ1n) is 6.59. The number of nitrogens with one attached hydrogen (secondary N) is 1. The normalized spacial score (nSPS) is 21.4. The van der Waals surface area contributed by atoms with E-state index < -0.39 is 0 Å². The minimum absolute atomic E-state index is 0.235. The second kappa shape index (κ2) is 5.90. The van der Waals surface area contributed by atoms with Gasteiger partial charge in [0.1, 0.15) is 0 Å². The third-order valence-corrected chi connectivity index (χ3v) is 4.59. The predicted molar refractivity (Wildman–Crippen MR) is 80.6 cm³/mol. The maximum atomic E-state index is 5.94. The molecule has 4 heteroatoms. The molecule has 1 aliphatic rings. The molecule has 1 N–H and O–H groups in total. The molecule has 0 amide bonds. The molecule has 0 spiro atoms. The van der Waals surface area contributed by atoms with Gasteiger partial charge in [0, 0.05) is 29.3 Å². The number of ether oxygens (including phenoxy) is 1. The van der Waals surface area contributed by atoms with E-state index in [2.05, 4.69) is 34.6 Å². The highest BCUT2D eigenvalue weighted by Gasteiger charge is 2.26. The standard InChI is InChI=1S/C15H18N2OS/c1-16-15(14-10-19-8-7-18-14)13-4-2-3-11-9-17-6-5-12(11)13/h2-6,9,14-16H,7-8,10H2,1H3. The number of nitrogens with zero attached hydrogens (tertiary/aromatic N) is 1. The van der Waals surface area contributed by atoms with Crippen molar-refractivity contribution < 1.29 is 4.74 Å². The Labute approximate surface area is 117 Å². The van der Waals surface area contributed by atoms with E-state index in [-0.39, 0.29) is 12.1 Å². The van der Waals surface area contributed by atoms with Gasteiger partial charge in [-0.25, -0.2) is 0 Å². The van der Waals surface area contributed by atoms with Gasteiger partial charge in [-0.05, 0) is 24.1 Å². The summed E-state index contributed by atoms with van der Waals surface area (Å²) in [4.78, 5) is 4.20. The number of benzene rings is 1. The van der Waals surface area contributed by atoms with Gasteiger partial charge in [-0.3, -0.25) is 4.98 Å². The zero-order chi connectivity index (χ0) is 13.1. The Morgan fingerprint density at radius 2 is 2.37 bits per heavy atom. The number of hydrogen-bond donors (Lipinski definition) is 1. The number of hydrogen-bond acceptors (Lipinski definition) is 4. The Bertz CT molecular complexity index is 549. The van der Waals surface area contributed by atoms with Crippen molar-refractivity contribution in [3.8, 4) is 0 Å². The first-order chi connectivity index (χ1) is 9.40. The maximum Gasteiger partial charge on any atom is 0.0860 e. The minimum Gasteiger partial charge on any atom is -0.375 e. The zero-order valence-electron chi connectivity index (χ0n) is 11.0. The van der Waals surface area contributed by atoms with Crippen LogP contribution in [-0.2, 0) is 4.74 Å². The number of fused-ring (bicyclic) bond motifs is 1. The summed E-state index contributed by atoms with van der Waals surface area (Å²) in [5.74, 6) is 2.15. The van der Waals surface area contributed by atoms with Gasteiger partial charge in [-0.2, -0.15) is 11.8 Å². The van der Waals surface area contributed by atoms with Crippen LogP contribution in [0, 0.1) is 0 Å². The van der Waals surface area contributed by atoms with Crippen LogP contribution < -0.4 is 5.32 Å². The van der Waals surface area contributed by atoms with E-state index >= 15 is 0 Å². The maximum absolute atomic E-state index is 5.94. The average molecular weight is 274 g/mol. The van der Waals surface area contributed by atoms with Crippen molar-refractivity contribution in [2.24, 2.45) is 0 Å². The van der Waals surface area contributed by atoms with Crippen LogP contribution in [0.15, 0.2) is 36.7 Å². The smallest absolute Gasteiger partial charge is 0.0860 e.